The normalized spacial score (nSPS) is 12.1. The van der Waals surface area contributed by atoms with E-state index < -0.39 is 5.91 Å². The minimum Gasteiger partial charge on any atom is -0.366 e. The standard InChI is InChI=1S/C17H19ClN2O/c1-2-16(14-4-3-5-15(18)10-14)20-11-12-6-8-13(9-7-12)17(19)21/h3-10,16,20H,2,11H2,1H3,(H2,19,21). The summed E-state index contributed by atoms with van der Waals surface area (Å²) in [4.78, 5) is 11.0. The number of carbonyl (C=O) groups is 1. The summed E-state index contributed by atoms with van der Waals surface area (Å²) in [6, 6.07) is 15.5. The Morgan fingerprint density at radius 1 is 1.24 bits per heavy atom. The van der Waals surface area contributed by atoms with Crippen molar-refractivity contribution in [2.24, 2.45) is 5.73 Å². The van der Waals surface area contributed by atoms with Gasteiger partial charge in [0.05, 0.1) is 0 Å². The highest BCUT2D eigenvalue weighted by Gasteiger charge is 2.09. The van der Waals surface area contributed by atoms with E-state index in [2.05, 4.69) is 18.3 Å². The molecule has 0 radical (unpaired) electrons. The van der Waals surface area contributed by atoms with Gasteiger partial charge in [0.15, 0.2) is 0 Å². The third kappa shape index (κ3) is 4.31. The van der Waals surface area contributed by atoms with Crippen LogP contribution in [0.4, 0.5) is 0 Å². The van der Waals surface area contributed by atoms with E-state index in [9.17, 15) is 4.79 Å². The molecule has 2 aromatic carbocycles. The van der Waals surface area contributed by atoms with Crippen LogP contribution in [0.25, 0.3) is 0 Å². The molecular weight excluding hydrogens is 284 g/mol. The zero-order valence-electron chi connectivity index (χ0n) is 12.0. The zero-order valence-corrected chi connectivity index (χ0v) is 12.7. The summed E-state index contributed by atoms with van der Waals surface area (Å²) < 4.78 is 0. The highest BCUT2D eigenvalue weighted by molar-refractivity contribution is 6.30. The van der Waals surface area contributed by atoms with Gasteiger partial charge in [-0.1, -0.05) is 42.8 Å². The molecule has 0 aliphatic heterocycles. The highest BCUT2D eigenvalue weighted by atomic mass is 35.5. The lowest BCUT2D eigenvalue weighted by Crippen LogP contribution is -2.20. The predicted molar refractivity (Wildman–Crippen MR) is 86.3 cm³/mol. The van der Waals surface area contributed by atoms with Gasteiger partial charge < -0.3 is 11.1 Å². The number of nitrogens with two attached hydrogens (primary N) is 1. The first-order valence-electron chi connectivity index (χ1n) is 6.97. The van der Waals surface area contributed by atoms with Gasteiger partial charge in [-0.3, -0.25) is 4.79 Å². The van der Waals surface area contributed by atoms with Crippen LogP contribution in [0, 0.1) is 0 Å². The number of hydrogen-bond acceptors (Lipinski definition) is 2. The van der Waals surface area contributed by atoms with Crippen molar-refractivity contribution < 1.29 is 4.79 Å². The molecule has 0 saturated heterocycles. The summed E-state index contributed by atoms with van der Waals surface area (Å²) in [7, 11) is 0. The van der Waals surface area contributed by atoms with Crippen molar-refractivity contribution in [2.75, 3.05) is 0 Å². The fourth-order valence-corrected chi connectivity index (χ4v) is 2.45. The van der Waals surface area contributed by atoms with Gasteiger partial charge in [0, 0.05) is 23.2 Å². The fourth-order valence-electron chi connectivity index (χ4n) is 2.25. The lowest BCUT2D eigenvalue weighted by molar-refractivity contribution is 0.100. The molecule has 1 unspecified atom stereocenters. The van der Waals surface area contributed by atoms with Crippen molar-refractivity contribution in [3.8, 4) is 0 Å². The van der Waals surface area contributed by atoms with E-state index in [1.807, 2.05) is 30.3 Å². The molecule has 1 amide bonds. The molecule has 21 heavy (non-hydrogen) atoms. The van der Waals surface area contributed by atoms with E-state index in [1.165, 1.54) is 5.56 Å². The summed E-state index contributed by atoms with van der Waals surface area (Å²) in [6.07, 6.45) is 0.972. The molecule has 2 rings (SSSR count). The number of carbonyl (C=O) groups excluding carboxylic acids is 1. The van der Waals surface area contributed by atoms with E-state index in [-0.39, 0.29) is 6.04 Å². The number of hydrogen-bond donors (Lipinski definition) is 2. The largest absolute Gasteiger partial charge is 0.366 e. The van der Waals surface area contributed by atoms with Gasteiger partial charge in [-0.25, -0.2) is 0 Å². The first kappa shape index (κ1) is 15.5. The number of amides is 1. The molecule has 4 heteroatoms. The van der Waals surface area contributed by atoms with Gasteiger partial charge in [-0.2, -0.15) is 0 Å². The monoisotopic (exact) mass is 302 g/mol. The molecule has 3 N–H and O–H groups in total. The lowest BCUT2D eigenvalue weighted by atomic mass is 10.0. The first-order chi connectivity index (χ1) is 10.1. The van der Waals surface area contributed by atoms with Gasteiger partial charge in [-0.15, -0.1) is 0 Å². The molecule has 110 valence electrons. The summed E-state index contributed by atoms with van der Waals surface area (Å²) in [5.74, 6) is -0.403. The zero-order chi connectivity index (χ0) is 15.2. The van der Waals surface area contributed by atoms with Crippen molar-refractivity contribution in [3.05, 3.63) is 70.2 Å². The van der Waals surface area contributed by atoms with Gasteiger partial charge in [0.25, 0.3) is 0 Å². The Kier molecular flexibility index (Phi) is 5.37. The van der Waals surface area contributed by atoms with Crippen molar-refractivity contribution in [3.63, 3.8) is 0 Å². The van der Waals surface area contributed by atoms with Crippen molar-refractivity contribution in [1.29, 1.82) is 0 Å². The summed E-state index contributed by atoms with van der Waals surface area (Å²) in [5, 5.41) is 4.25. The maximum atomic E-state index is 11.0. The molecule has 0 spiro atoms. The molecule has 0 fully saturated rings. The van der Waals surface area contributed by atoms with Crippen LogP contribution in [0.1, 0.15) is 40.9 Å². The average molecular weight is 303 g/mol. The predicted octanol–water partition coefficient (Wildman–Crippen LogP) is 3.68. The Balaban J connectivity index is 2.01. The van der Waals surface area contributed by atoms with E-state index >= 15 is 0 Å². The Bertz CT molecular complexity index is 610. The number of primary amides is 1. The second-order valence-corrected chi connectivity index (χ2v) is 5.39. The van der Waals surface area contributed by atoms with E-state index in [4.69, 9.17) is 17.3 Å². The minimum atomic E-state index is -0.403. The lowest BCUT2D eigenvalue weighted by Gasteiger charge is -2.18. The Labute approximate surface area is 130 Å². The van der Waals surface area contributed by atoms with E-state index in [0.29, 0.717) is 5.56 Å². The highest BCUT2D eigenvalue weighted by Crippen LogP contribution is 2.20. The van der Waals surface area contributed by atoms with Gasteiger partial charge in [0.2, 0.25) is 5.91 Å². The molecule has 0 saturated carbocycles. The molecule has 0 aliphatic carbocycles. The summed E-state index contributed by atoms with van der Waals surface area (Å²) in [5.41, 5.74) is 8.05. The minimum absolute atomic E-state index is 0.250. The van der Waals surface area contributed by atoms with Crippen LogP contribution in [0.15, 0.2) is 48.5 Å². The van der Waals surface area contributed by atoms with E-state index in [1.54, 1.807) is 12.1 Å². The van der Waals surface area contributed by atoms with Crippen molar-refractivity contribution >= 4 is 17.5 Å². The number of rotatable bonds is 6. The Morgan fingerprint density at radius 2 is 1.95 bits per heavy atom. The molecule has 2 aromatic rings. The smallest absolute Gasteiger partial charge is 0.248 e. The van der Waals surface area contributed by atoms with Crippen LogP contribution >= 0.6 is 11.6 Å². The van der Waals surface area contributed by atoms with Crippen molar-refractivity contribution in [2.45, 2.75) is 25.9 Å². The van der Waals surface area contributed by atoms with Crippen LogP contribution in [0.3, 0.4) is 0 Å². The average Bonchev–Trinajstić information content (AvgIpc) is 2.48. The topological polar surface area (TPSA) is 55.1 Å². The maximum absolute atomic E-state index is 11.0. The summed E-state index contributed by atoms with van der Waals surface area (Å²) in [6.45, 7) is 2.86. The molecule has 0 bridgehead atoms. The van der Waals surface area contributed by atoms with Crippen LogP contribution in [0.5, 0.6) is 0 Å². The first-order valence-corrected chi connectivity index (χ1v) is 7.35. The third-order valence-electron chi connectivity index (χ3n) is 3.45. The Morgan fingerprint density at radius 3 is 2.52 bits per heavy atom. The molecule has 0 aromatic heterocycles. The van der Waals surface area contributed by atoms with Crippen LogP contribution < -0.4 is 11.1 Å². The number of nitrogens with one attached hydrogen (secondary N) is 1. The summed E-state index contributed by atoms with van der Waals surface area (Å²) >= 11 is 6.04. The van der Waals surface area contributed by atoms with Crippen molar-refractivity contribution in [1.82, 2.24) is 5.32 Å². The van der Waals surface area contributed by atoms with Crippen LogP contribution in [0.2, 0.25) is 5.02 Å². The van der Waals surface area contributed by atoms with E-state index in [0.717, 1.165) is 23.6 Å². The van der Waals surface area contributed by atoms with Gasteiger partial charge >= 0.3 is 0 Å². The van der Waals surface area contributed by atoms with Gasteiger partial charge in [0.1, 0.15) is 0 Å². The SMILES string of the molecule is CCC(NCc1ccc(C(N)=O)cc1)c1cccc(Cl)c1. The Hall–Kier alpha value is -1.84. The third-order valence-corrected chi connectivity index (χ3v) is 3.69. The second-order valence-electron chi connectivity index (χ2n) is 4.96. The quantitative estimate of drug-likeness (QED) is 0.855. The van der Waals surface area contributed by atoms with Crippen LogP contribution in [-0.4, -0.2) is 5.91 Å². The molecule has 3 nitrogen and oxygen atoms in total. The molecule has 0 aliphatic rings. The fraction of sp³-hybridized carbons (Fsp3) is 0.235. The number of benzene rings is 2. The molecule has 0 heterocycles. The molecule has 1 atom stereocenters. The van der Waals surface area contributed by atoms with Gasteiger partial charge in [-0.05, 0) is 41.8 Å². The van der Waals surface area contributed by atoms with Crippen LogP contribution in [-0.2, 0) is 6.54 Å². The molecular formula is C17H19ClN2O. The maximum Gasteiger partial charge on any atom is 0.248 e. The second kappa shape index (κ2) is 7.25. The number of halogens is 1.